The van der Waals surface area contributed by atoms with Crippen LogP contribution in [0, 0.1) is 13.8 Å². The van der Waals surface area contributed by atoms with Crippen LogP contribution in [0.15, 0.2) is 17.0 Å². The highest BCUT2D eigenvalue weighted by Gasteiger charge is 2.23. The number of hydrogen-bond acceptors (Lipinski definition) is 4. The Kier molecular flexibility index (Phi) is 5.27. The number of rotatable bonds is 5. The van der Waals surface area contributed by atoms with Crippen LogP contribution in [-0.2, 0) is 14.3 Å². The summed E-state index contributed by atoms with van der Waals surface area (Å²) in [5, 5.41) is 0. The Bertz CT molecular complexity index is 590. The van der Waals surface area contributed by atoms with Crippen molar-refractivity contribution < 1.29 is 12.6 Å². The molecule has 1 heterocycles. The Hall–Kier alpha value is -1.07. The van der Waals surface area contributed by atoms with Crippen molar-refractivity contribution in [1.29, 1.82) is 0 Å². The summed E-state index contributed by atoms with van der Waals surface area (Å²) in [6.07, 6.45) is 4.28. The van der Waals surface area contributed by atoms with Gasteiger partial charge in [-0.1, -0.05) is 13.0 Å². The van der Waals surface area contributed by atoms with Crippen molar-refractivity contribution in [3.8, 4) is 0 Å². The van der Waals surface area contributed by atoms with Gasteiger partial charge in [-0.2, -0.15) is 8.42 Å². The van der Waals surface area contributed by atoms with Crippen LogP contribution in [0.1, 0.15) is 43.7 Å². The summed E-state index contributed by atoms with van der Waals surface area (Å²) in [5.41, 5.74) is 3.01. The van der Waals surface area contributed by atoms with E-state index in [1.807, 2.05) is 26.8 Å². The standard InChI is InChI=1S/C16H25NO3S/c1-4-12-20-21(18,19)15-9-8-13(2)16(14(15)3)17-10-6-5-7-11-17/h8-9H,4-7,10-12H2,1-3H3. The summed E-state index contributed by atoms with van der Waals surface area (Å²) in [7, 11) is -3.66. The molecule has 0 aliphatic carbocycles. The summed E-state index contributed by atoms with van der Waals surface area (Å²) in [6, 6.07) is 3.56. The number of piperidine rings is 1. The van der Waals surface area contributed by atoms with Crippen LogP contribution in [0.3, 0.4) is 0 Å². The van der Waals surface area contributed by atoms with Crippen molar-refractivity contribution >= 4 is 15.8 Å². The fourth-order valence-corrected chi connectivity index (χ4v) is 4.17. The number of anilines is 1. The summed E-state index contributed by atoms with van der Waals surface area (Å²) in [5.74, 6) is 0. The molecular formula is C16H25NO3S. The molecule has 1 aromatic carbocycles. The topological polar surface area (TPSA) is 46.6 Å². The maximum absolute atomic E-state index is 12.3. The zero-order valence-corrected chi connectivity index (χ0v) is 14.0. The molecule has 2 rings (SSSR count). The van der Waals surface area contributed by atoms with E-state index in [0.717, 1.165) is 29.9 Å². The fourth-order valence-electron chi connectivity index (χ4n) is 2.95. The van der Waals surface area contributed by atoms with Crippen LogP contribution in [0.25, 0.3) is 0 Å². The molecule has 4 nitrogen and oxygen atoms in total. The second kappa shape index (κ2) is 6.79. The molecule has 1 aliphatic rings. The van der Waals surface area contributed by atoms with E-state index < -0.39 is 10.1 Å². The lowest BCUT2D eigenvalue weighted by Crippen LogP contribution is -2.31. The predicted octanol–water partition coefficient (Wildman–Crippen LogP) is 3.41. The molecule has 118 valence electrons. The zero-order valence-electron chi connectivity index (χ0n) is 13.2. The molecule has 0 N–H and O–H groups in total. The van der Waals surface area contributed by atoms with Gasteiger partial charge in [-0.25, -0.2) is 0 Å². The second-order valence-electron chi connectivity index (χ2n) is 5.68. The summed E-state index contributed by atoms with van der Waals surface area (Å²) in [4.78, 5) is 2.62. The van der Waals surface area contributed by atoms with Crippen molar-refractivity contribution in [2.75, 3.05) is 24.6 Å². The van der Waals surface area contributed by atoms with Gasteiger partial charge >= 0.3 is 0 Å². The van der Waals surface area contributed by atoms with Gasteiger partial charge in [-0.05, 0) is 56.7 Å². The smallest absolute Gasteiger partial charge is 0.297 e. The first-order chi connectivity index (χ1) is 9.97. The van der Waals surface area contributed by atoms with Gasteiger partial charge in [0.25, 0.3) is 10.1 Å². The van der Waals surface area contributed by atoms with Crippen molar-refractivity contribution in [3.63, 3.8) is 0 Å². The third-order valence-electron chi connectivity index (χ3n) is 3.97. The van der Waals surface area contributed by atoms with Crippen molar-refractivity contribution in [3.05, 3.63) is 23.3 Å². The molecule has 21 heavy (non-hydrogen) atoms. The molecule has 0 bridgehead atoms. The van der Waals surface area contributed by atoms with Crippen LogP contribution in [0.4, 0.5) is 5.69 Å². The normalized spacial score (nSPS) is 16.2. The van der Waals surface area contributed by atoms with E-state index >= 15 is 0 Å². The van der Waals surface area contributed by atoms with Gasteiger partial charge < -0.3 is 4.90 Å². The molecule has 1 aromatic rings. The highest BCUT2D eigenvalue weighted by atomic mass is 32.2. The Morgan fingerprint density at radius 2 is 1.81 bits per heavy atom. The lowest BCUT2D eigenvalue weighted by atomic mass is 10.0. The first kappa shape index (κ1) is 16.3. The van der Waals surface area contributed by atoms with E-state index in [0.29, 0.717) is 11.3 Å². The van der Waals surface area contributed by atoms with Crippen molar-refractivity contribution in [1.82, 2.24) is 0 Å². The Morgan fingerprint density at radius 1 is 1.14 bits per heavy atom. The van der Waals surface area contributed by atoms with Gasteiger partial charge in [0, 0.05) is 18.8 Å². The van der Waals surface area contributed by atoms with Crippen LogP contribution in [0.2, 0.25) is 0 Å². The third-order valence-corrected chi connectivity index (χ3v) is 5.43. The lowest BCUT2D eigenvalue weighted by Gasteiger charge is -2.32. The molecule has 0 aromatic heterocycles. The Labute approximate surface area is 128 Å². The highest BCUT2D eigenvalue weighted by molar-refractivity contribution is 7.86. The first-order valence-electron chi connectivity index (χ1n) is 7.72. The van der Waals surface area contributed by atoms with E-state index in [-0.39, 0.29) is 6.61 Å². The molecule has 1 aliphatic heterocycles. The third kappa shape index (κ3) is 3.58. The van der Waals surface area contributed by atoms with Crippen molar-refractivity contribution in [2.45, 2.75) is 51.3 Å². The van der Waals surface area contributed by atoms with Crippen LogP contribution in [0.5, 0.6) is 0 Å². The summed E-state index contributed by atoms with van der Waals surface area (Å²) in [6.45, 7) is 8.06. The summed E-state index contributed by atoms with van der Waals surface area (Å²) < 4.78 is 29.7. The van der Waals surface area contributed by atoms with Gasteiger partial charge in [0.1, 0.15) is 0 Å². The minimum atomic E-state index is -3.66. The molecule has 0 saturated carbocycles. The summed E-state index contributed by atoms with van der Waals surface area (Å²) >= 11 is 0. The quantitative estimate of drug-likeness (QED) is 0.782. The van der Waals surface area contributed by atoms with Crippen LogP contribution in [-0.4, -0.2) is 28.1 Å². The maximum Gasteiger partial charge on any atom is 0.297 e. The highest BCUT2D eigenvalue weighted by Crippen LogP contribution is 2.32. The molecule has 0 spiro atoms. The molecule has 1 saturated heterocycles. The lowest BCUT2D eigenvalue weighted by molar-refractivity contribution is 0.318. The Balaban J connectivity index is 2.41. The van der Waals surface area contributed by atoms with E-state index in [1.165, 1.54) is 19.3 Å². The van der Waals surface area contributed by atoms with E-state index in [1.54, 1.807) is 6.07 Å². The number of nitrogens with zero attached hydrogens (tertiary/aromatic N) is 1. The SMILES string of the molecule is CCCOS(=O)(=O)c1ccc(C)c(N2CCCCC2)c1C. The van der Waals surface area contributed by atoms with E-state index in [4.69, 9.17) is 4.18 Å². The number of aryl methyl sites for hydroxylation is 1. The fraction of sp³-hybridized carbons (Fsp3) is 0.625. The second-order valence-corrected chi connectivity index (χ2v) is 7.26. The molecule has 1 fully saturated rings. The molecule has 0 atom stereocenters. The zero-order chi connectivity index (χ0) is 15.5. The molecule has 0 amide bonds. The average Bonchev–Trinajstić information content (AvgIpc) is 2.46. The predicted molar refractivity (Wildman–Crippen MR) is 85.4 cm³/mol. The van der Waals surface area contributed by atoms with Crippen LogP contribution >= 0.6 is 0 Å². The monoisotopic (exact) mass is 311 g/mol. The largest absolute Gasteiger partial charge is 0.371 e. The van der Waals surface area contributed by atoms with E-state index in [2.05, 4.69) is 4.90 Å². The van der Waals surface area contributed by atoms with Gasteiger partial charge in [-0.15, -0.1) is 0 Å². The number of benzene rings is 1. The Morgan fingerprint density at radius 3 is 2.43 bits per heavy atom. The minimum Gasteiger partial charge on any atom is -0.371 e. The average molecular weight is 311 g/mol. The van der Waals surface area contributed by atoms with Crippen LogP contribution < -0.4 is 4.90 Å². The van der Waals surface area contributed by atoms with E-state index in [9.17, 15) is 8.42 Å². The molecule has 0 radical (unpaired) electrons. The van der Waals surface area contributed by atoms with Gasteiger partial charge in [0.2, 0.25) is 0 Å². The van der Waals surface area contributed by atoms with Gasteiger partial charge in [0.05, 0.1) is 11.5 Å². The number of hydrogen-bond donors (Lipinski definition) is 0. The molecular weight excluding hydrogens is 286 g/mol. The minimum absolute atomic E-state index is 0.231. The van der Waals surface area contributed by atoms with Crippen molar-refractivity contribution in [2.24, 2.45) is 0 Å². The first-order valence-corrected chi connectivity index (χ1v) is 9.12. The molecule has 5 heteroatoms. The van der Waals surface area contributed by atoms with Gasteiger partial charge in [-0.3, -0.25) is 4.18 Å². The molecule has 0 unspecified atom stereocenters. The van der Waals surface area contributed by atoms with Gasteiger partial charge in [0.15, 0.2) is 0 Å². The maximum atomic E-state index is 12.3.